The summed E-state index contributed by atoms with van der Waals surface area (Å²) in [5.41, 5.74) is -1.82. The lowest BCUT2D eigenvalue weighted by atomic mass is 10.2. The Morgan fingerprint density at radius 2 is 2.07 bits per heavy atom. The monoisotopic (exact) mass is 443 g/mol. The third kappa shape index (κ3) is 8.15. The van der Waals surface area contributed by atoms with Gasteiger partial charge in [-0.2, -0.15) is 0 Å². The molecule has 29 heavy (non-hydrogen) atoms. The molecule has 0 saturated heterocycles. The van der Waals surface area contributed by atoms with Crippen LogP contribution in [-0.4, -0.2) is 58.5 Å². The summed E-state index contributed by atoms with van der Waals surface area (Å²) in [6.07, 6.45) is -3.22. The number of carbonyl (C=O) groups excluding carboxylic acids is 1. The van der Waals surface area contributed by atoms with Gasteiger partial charge in [-0.05, 0) is 20.8 Å². The van der Waals surface area contributed by atoms with Crippen LogP contribution in [0.2, 0.25) is 0 Å². The molecule has 14 heteroatoms. The van der Waals surface area contributed by atoms with Gasteiger partial charge in [0.1, 0.15) is 25.9 Å². The minimum atomic E-state index is -3.15. The van der Waals surface area contributed by atoms with E-state index in [1.165, 1.54) is 0 Å². The topological polar surface area (TPSA) is 149 Å². The van der Waals surface area contributed by atoms with E-state index in [9.17, 15) is 32.8 Å². The molecule has 1 aromatic heterocycles. The summed E-state index contributed by atoms with van der Waals surface area (Å²) in [7, 11) is -3.15. The predicted octanol–water partition coefficient (Wildman–Crippen LogP) is 0.0154. The summed E-state index contributed by atoms with van der Waals surface area (Å²) >= 11 is 0. The number of nitrogens with zero attached hydrogens (tertiary/aromatic N) is 1. The number of hydrogen-bond donors (Lipinski definition) is 3. The fourth-order valence-corrected chi connectivity index (χ4v) is 2.68. The van der Waals surface area contributed by atoms with Crippen LogP contribution < -0.4 is 16.3 Å². The van der Waals surface area contributed by atoms with Crippen LogP contribution in [0.25, 0.3) is 0 Å². The molecule has 1 rings (SSSR count). The van der Waals surface area contributed by atoms with Gasteiger partial charge in [0, 0.05) is 12.3 Å². The van der Waals surface area contributed by atoms with Crippen molar-refractivity contribution in [3.05, 3.63) is 33.1 Å². The number of ether oxygens (including phenoxy) is 2. The lowest BCUT2D eigenvalue weighted by Gasteiger charge is -2.31. The zero-order valence-corrected chi connectivity index (χ0v) is 17.0. The van der Waals surface area contributed by atoms with Crippen molar-refractivity contribution in [2.24, 2.45) is 0 Å². The number of esters is 1. The molecule has 0 aliphatic heterocycles. The molecule has 0 aliphatic rings. The quantitative estimate of drug-likeness (QED) is 0.300. The first kappa shape index (κ1) is 25.1. The largest absolute Gasteiger partial charge is 0.462 e. The van der Waals surface area contributed by atoms with Gasteiger partial charge in [-0.3, -0.25) is 23.7 Å². The lowest BCUT2D eigenvalue weighted by Crippen LogP contribution is -2.47. The molecule has 4 atom stereocenters. The fourth-order valence-electron chi connectivity index (χ4n) is 1.96. The van der Waals surface area contributed by atoms with Gasteiger partial charge in [0.15, 0.2) is 6.23 Å². The number of rotatable bonds is 12. The van der Waals surface area contributed by atoms with Crippen LogP contribution in [0.3, 0.4) is 0 Å². The van der Waals surface area contributed by atoms with E-state index in [0.29, 0.717) is 4.57 Å². The Morgan fingerprint density at radius 1 is 1.41 bits per heavy atom. The first-order chi connectivity index (χ1) is 13.5. The van der Waals surface area contributed by atoms with Gasteiger partial charge >= 0.3 is 11.7 Å². The molecule has 166 valence electrons. The van der Waals surface area contributed by atoms with Gasteiger partial charge in [-0.25, -0.2) is 18.7 Å². The number of alkyl halides is 2. The minimum Gasteiger partial charge on any atom is -0.462 e. The molecule has 0 bridgehead atoms. The highest BCUT2D eigenvalue weighted by molar-refractivity contribution is 7.36. The molecule has 1 aromatic rings. The van der Waals surface area contributed by atoms with E-state index in [4.69, 9.17) is 14.0 Å². The molecule has 0 fully saturated rings. The van der Waals surface area contributed by atoms with Gasteiger partial charge in [0.2, 0.25) is 0 Å². The van der Waals surface area contributed by atoms with E-state index in [-0.39, 0.29) is 6.10 Å². The SMILES string of the molecule is CC(C)OC(=O)CN[PH](=O)OC[C@@](F)(O[C@H](CF)n1ccc(=O)[nH]c1=O)[C@H](C)O. The van der Waals surface area contributed by atoms with Gasteiger partial charge in [0.25, 0.3) is 19.6 Å². The number of aromatic amines is 1. The maximum atomic E-state index is 15.0. The molecule has 0 spiro atoms. The zero-order valence-electron chi connectivity index (χ0n) is 16.0. The summed E-state index contributed by atoms with van der Waals surface area (Å²) in [5, 5.41) is 11.9. The lowest BCUT2D eigenvalue weighted by molar-refractivity contribution is -0.260. The van der Waals surface area contributed by atoms with E-state index in [1.807, 2.05) is 4.98 Å². The summed E-state index contributed by atoms with van der Waals surface area (Å²) in [6.45, 7) is 1.24. The van der Waals surface area contributed by atoms with Crippen molar-refractivity contribution in [1.29, 1.82) is 0 Å². The number of H-pyrrole nitrogens is 1. The second-order valence-electron chi connectivity index (χ2n) is 6.17. The third-order valence-corrected chi connectivity index (χ3v) is 4.27. The van der Waals surface area contributed by atoms with Crippen LogP contribution in [0.1, 0.15) is 27.0 Å². The number of aliphatic hydroxyl groups is 1. The first-order valence-electron chi connectivity index (χ1n) is 8.51. The number of hydrogen-bond acceptors (Lipinski definition) is 8. The molecule has 0 aromatic carbocycles. The molecule has 0 aliphatic carbocycles. The van der Waals surface area contributed by atoms with Crippen molar-refractivity contribution >= 4 is 14.1 Å². The molecule has 0 saturated carbocycles. The van der Waals surface area contributed by atoms with Crippen LogP contribution in [0.4, 0.5) is 8.78 Å². The van der Waals surface area contributed by atoms with Crippen LogP contribution in [0.5, 0.6) is 0 Å². The maximum absolute atomic E-state index is 15.0. The van der Waals surface area contributed by atoms with Crippen molar-refractivity contribution in [1.82, 2.24) is 14.6 Å². The van der Waals surface area contributed by atoms with Crippen LogP contribution in [-0.2, 0) is 23.4 Å². The molecule has 1 heterocycles. The smallest absolute Gasteiger partial charge is 0.330 e. The van der Waals surface area contributed by atoms with Gasteiger partial charge in [-0.1, -0.05) is 0 Å². The van der Waals surface area contributed by atoms with Crippen LogP contribution >= 0.6 is 8.18 Å². The Kier molecular flexibility index (Phi) is 9.80. The highest BCUT2D eigenvalue weighted by Gasteiger charge is 2.41. The molecule has 11 nitrogen and oxygen atoms in total. The van der Waals surface area contributed by atoms with Crippen molar-refractivity contribution in [3.8, 4) is 0 Å². The van der Waals surface area contributed by atoms with Crippen molar-refractivity contribution in [3.63, 3.8) is 0 Å². The molecule has 1 unspecified atom stereocenters. The molecule has 0 amide bonds. The van der Waals surface area contributed by atoms with E-state index in [1.54, 1.807) is 13.8 Å². The first-order valence-corrected chi connectivity index (χ1v) is 9.82. The molecule has 0 radical (unpaired) electrons. The van der Waals surface area contributed by atoms with E-state index in [2.05, 4.69) is 5.09 Å². The van der Waals surface area contributed by atoms with Gasteiger partial charge < -0.3 is 19.1 Å². The third-order valence-electron chi connectivity index (χ3n) is 3.39. The van der Waals surface area contributed by atoms with Crippen molar-refractivity contribution in [2.75, 3.05) is 19.8 Å². The Balaban J connectivity index is 2.78. The Morgan fingerprint density at radius 3 is 2.59 bits per heavy atom. The molecular formula is C15H24F2N3O8P. The van der Waals surface area contributed by atoms with Crippen molar-refractivity contribution in [2.45, 2.75) is 45.1 Å². The Bertz CT molecular complexity index is 815. The number of halogens is 2. The van der Waals surface area contributed by atoms with Crippen LogP contribution in [0.15, 0.2) is 21.9 Å². The van der Waals surface area contributed by atoms with Gasteiger partial charge in [-0.15, -0.1) is 0 Å². The number of aromatic nitrogens is 2. The average molecular weight is 443 g/mol. The summed E-state index contributed by atoms with van der Waals surface area (Å²) in [5.74, 6) is -3.78. The molecule has 3 N–H and O–H groups in total. The Hall–Kier alpha value is -1.92. The van der Waals surface area contributed by atoms with Gasteiger partial charge in [0.05, 0.1) is 6.10 Å². The summed E-state index contributed by atoms with van der Waals surface area (Å²) in [4.78, 5) is 36.0. The zero-order chi connectivity index (χ0) is 22.2. The normalized spacial score (nSPS) is 16.8. The average Bonchev–Trinajstić information content (AvgIpc) is 2.62. The van der Waals surface area contributed by atoms with E-state index in [0.717, 1.165) is 19.2 Å². The standard InChI is InChI=1S/C15H24F2N3O8P/c1-9(2)27-13(23)7-18-29(25)26-8-15(17,10(3)21)28-12(6-16)20-5-4-11(22)19-14(20)24/h4-5,9-10,12,21,29H,6-8H2,1-3H3,(H,18,25)(H,19,22,24)/t10-,12+,15+/m0/s1. The molecular weight excluding hydrogens is 419 g/mol. The summed E-state index contributed by atoms with van der Waals surface area (Å²) in [6, 6.07) is 0.894. The second-order valence-corrected chi connectivity index (χ2v) is 7.39. The Labute approximate surface area is 164 Å². The number of aliphatic hydroxyl groups excluding tert-OH is 1. The van der Waals surface area contributed by atoms with Crippen molar-refractivity contribution < 1.29 is 37.2 Å². The number of carbonyl (C=O) groups is 1. The number of nitrogens with one attached hydrogen (secondary N) is 2. The van der Waals surface area contributed by atoms with Crippen LogP contribution in [0, 0.1) is 0 Å². The second kappa shape index (κ2) is 11.3. The maximum Gasteiger partial charge on any atom is 0.330 e. The fraction of sp³-hybridized carbons (Fsp3) is 0.667. The highest BCUT2D eigenvalue weighted by Crippen LogP contribution is 2.29. The minimum absolute atomic E-state index is 0.386. The van der Waals surface area contributed by atoms with E-state index < -0.39 is 63.4 Å². The summed E-state index contributed by atoms with van der Waals surface area (Å²) < 4.78 is 55.1. The van der Waals surface area contributed by atoms with E-state index >= 15 is 0 Å². The predicted molar refractivity (Wildman–Crippen MR) is 97.1 cm³/mol. The highest BCUT2D eigenvalue weighted by atomic mass is 31.1.